The van der Waals surface area contributed by atoms with Gasteiger partial charge in [-0.2, -0.15) is 0 Å². The number of aliphatic hydroxyl groups is 3. The van der Waals surface area contributed by atoms with Gasteiger partial charge in [-0.15, -0.1) is 0 Å². The molecule has 4 aliphatic carbocycles. The zero-order chi connectivity index (χ0) is 29.2. The van der Waals surface area contributed by atoms with Crippen LogP contribution >= 0.6 is 0 Å². The quantitative estimate of drug-likeness (QED) is 0.314. The molecule has 42 heavy (non-hydrogen) atoms. The minimum Gasteiger partial charge on any atom is -0.393 e. The van der Waals surface area contributed by atoms with Crippen LogP contribution in [0.4, 0.5) is 0 Å². The van der Waals surface area contributed by atoms with Crippen LogP contribution in [0, 0.1) is 46.3 Å². The van der Waals surface area contributed by atoms with Crippen molar-refractivity contribution in [1.82, 2.24) is 9.97 Å². The van der Waals surface area contributed by atoms with Gasteiger partial charge in [-0.05, 0) is 104 Å². The molecule has 0 bridgehead atoms. The summed E-state index contributed by atoms with van der Waals surface area (Å²) in [6, 6.07) is 18.7. The molecule has 0 spiro atoms. The molecule has 7 rings (SSSR count). The molecule has 0 saturated heterocycles. The van der Waals surface area contributed by atoms with Crippen LogP contribution in [-0.4, -0.2) is 43.6 Å². The Balaban J connectivity index is 1.12. The Bertz CT molecular complexity index is 1430. The maximum atomic E-state index is 12.0. The van der Waals surface area contributed by atoms with Gasteiger partial charge in [0, 0.05) is 17.4 Å². The van der Waals surface area contributed by atoms with Crippen molar-refractivity contribution in [3.05, 3.63) is 60.4 Å². The van der Waals surface area contributed by atoms with Crippen molar-refractivity contribution in [2.75, 3.05) is 0 Å². The highest BCUT2D eigenvalue weighted by Gasteiger charge is 2.65. The smallest absolute Gasteiger partial charge is 0.129 e. The first-order valence-corrected chi connectivity index (χ1v) is 16.6. The van der Waals surface area contributed by atoms with Gasteiger partial charge in [0.15, 0.2) is 0 Å². The van der Waals surface area contributed by atoms with Gasteiger partial charge in [-0.3, -0.25) is 0 Å². The summed E-state index contributed by atoms with van der Waals surface area (Å²) in [6.45, 7) is 7.12. The number of fused-ring (bicyclic) bond motifs is 6. The van der Waals surface area contributed by atoms with Gasteiger partial charge < -0.3 is 15.3 Å². The molecule has 4 saturated carbocycles. The van der Waals surface area contributed by atoms with E-state index in [1.807, 2.05) is 12.1 Å². The van der Waals surface area contributed by atoms with E-state index in [9.17, 15) is 15.3 Å². The molecule has 2 aromatic carbocycles. The molecule has 0 radical (unpaired) electrons. The third-order valence-electron chi connectivity index (χ3n) is 13.0. The molecule has 4 aliphatic rings. The zero-order valence-electron chi connectivity index (χ0n) is 25.5. The van der Waals surface area contributed by atoms with Gasteiger partial charge in [0.2, 0.25) is 0 Å². The third-order valence-corrected chi connectivity index (χ3v) is 13.0. The van der Waals surface area contributed by atoms with Gasteiger partial charge in [0.25, 0.3) is 0 Å². The van der Waals surface area contributed by atoms with E-state index in [4.69, 9.17) is 9.97 Å². The molecule has 11 atom stereocenters. The molecule has 3 aromatic rings. The Kier molecular flexibility index (Phi) is 7.23. The Labute approximate surface area is 250 Å². The molecule has 5 heteroatoms. The van der Waals surface area contributed by atoms with Crippen LogP contribution in [0.5, 0.6) is 0 Å². The fraction of sp³-hybridized carbons (Fsp3) is 0.622. The second-order valence-electron chi connectivity index (χ2n) is 14.9. The molecule has 4 fully saturated rings. The van der Waals surface area contributed by atoms with Crippen LogP contribution in [0.3, 0.4) is 0 Å². The topological polar surface area (TPSA) is 86.5 Å². The van der Waals surface area contributed by atoms with Crippen LogP contribution < -0.4 is 0 Å². The minimum atomic E-state index is -0.352. The lowest BCUT2D eigenvalue weighted by Crippen LogP contribution is -2.62. The fourth-order valence-electron chi connectivity index (χ4n) is 10.7. The number of aliphatic hydroxyl groups excluding tert-OH is 3. The molecule has 0 amide bonds. The second kappa shape index (κ2) is 10.7. The number of hydrogen-bond acceptors (Lipinski definition) is 5. The lowest BCUT2D eigenvalue weighted by atomic mass is 9.43. The number of para-hydroxylation sites is 1. The standard InChI is InChI=1S/C37H48N2O3/c1-22(13-16-33-38-30-12-8-7-11-26(30)35(39-33)23-9-5-4-6-10-23)27-14-15-28-34-29(21-32(42)37(27,28)3)36(2)18-17-25(40)19-24(36)20-31(34)41/h4-12,22,24-25,27-29,31-32,34,40-42H,13-21H2,1-3H3/t22-,24+,25-,27-,28+,29?,31-,32+,34+,36+,37-/m1/s1. The van der Waals surface area contributed by atoms with Crippen LogP contribution in [0.1, 0.15) is 78.0 Å². The van der Waals surface area contributed by atoms with Gasteiger partial charge in [-0.1, -0.05) is 69.3 Å². The number of aryl methyl sites for hydroxylation is 1. The summed E-state index contributed by atoms with van der Waals surface area (Å²) in [5.41, 5.74) is 3.03. The van der Waals surface area contributed by atoms with E-state index in [-0.39, 0.29) is 35.1 Å². The van der Waals surface area contributed by atoms with E-state index in [1.165, 1.54) is 0 Å². The van der Waals surface area contributed by atoms with E-state index in [0.29, 0.717) is 29.6 Å². The van der Waals surface area contributed by atoms with Gasteiger partial charge >= 0.3 is 0 Å². The maximum Gasteiger partial charge on any atom is 0.129 e. The highest BCUT2D eigenvalue weighted by Crippen LogP contribution is 2.68. The molecule has 1 unspecified atom stereocenters. The summed E-state index contributed by atoms with van der Waals surface area (Å²) in [4.78, 5) is 10.1. The number of benzene rings is 2. The van der Waals surface area contributed by atoms with Gasteiger partial charge in [-0.25, -0.2) is 9.97 Å². The molecule has 5 nitrogen and oxygen atoms in total. The second-order valence-corrected chi connectivity index (χ2v) is 14.9. The summed E-state index contributed by atoms with van der Waals surface area (Å²) >= 11 is 0. The average molecular weight is 569 g/mol. The van der Waals surface area contributed by atoms with E-state index in [2.05, 4.69) is 63.2 Å². The Morgan fingerprint density at radius 3 is 2.43 bits per heavy atom. The number of rotatable bonds is 5. The largest absolute Gasteiger partial charge is 0.393 e. The Hall–Kier alpha value is -2.34. The molecule has 3 N–H and O–H groups in total. The van der Waals surface area contributed by atoms with Crippen molar-refractivity contribution in [2.24, 2.45) is 46.3 Å². The predicted octanol–water partition coefficient (Wildman–Crippen LogP) is 6.83. The summed E-state index contributed by atoms with van der Waals surface area (Å²) in [7, 11) is 0. The van der Waals surface area contributed by atoms with E-state index < -0.39 is 0 Å². The summed E-state index contributed by atoms with van der Waals surface area (Å²) in [5, 5.41) is 35.0. The third kappa shape index (κ3) is 4.45. The zero-order valence-corrected chi connectivity index (χ0v) is 25.5. The lowest BCUT2D eigenvalue weighted by molar-refractivity contribution is -0.207. The number of nitrogens with zero attached hydrogens (tertiary/aromatic N) is 2. The molecular weight excluding hydrogens is 520 g/mol. The highest BCUT2D eigenvalue weighted by atomic mass is 16.3. The normalized spacial score (nSPS) is 40.2. The molecule has 224 valence electrons. The van der Waals surface area contributed by atoms with E-state index in [1.54, 1.807) is 0 Å². The van der Waals surface area contributed by atoms with Crippen molar-refractivity contribution < 1.29 is 15.3 Å². The van der Waals surface area contributed by atoms with E-state index >= 15 is 0 Å². The highest BCUT2D eigenvalue weighted by molar-refractivity contribution is 5.92. The SMILES string of the molecule is C[C@H](CCc1nc(-c2ccccc2)c2ccccc2n1)[C@H]1CC[C@H]2[C@H]3C(C[C@H](O)[C@]12C)[C@@]1(C)CC[C@@H](O)C[C@H]1C[C@H]3O. The fourth-order valence-corrected chi connectivity index (χ4v) is 10.7. The molecular formula is C37H48N2O3. The molecule has 1 aromatic heterocycles. The first kappa shape index (κ1) is 28.4. The van der Waals surface area contributed by atoms with E-state index in [0.717, 1.165) is 85.8 Å². The predicted molar refractivity (Wildman–Crippen MR) is 166 cm³/mol. The summed E-state index contributed by atoms with van der Waals surface area (Å²) < 4.78 is 0. The van der Waals surface area contributed by atoms with Crippen molar-refractivity contribution in [3.8, 4) is 11.3 Å². The van der Waals surface area contributed by atoms with Crippen molar-refractivity contribution >= 4 is 10.9 Å². The molecule has 0 aliphatic heterocycles. The van der Waals surface area contributed by atoms with Gasteiger partial charge in [0.05, 0.1) is 29.5 Å². The van der Waals surface area contributed by atoms with Crippen LogP contribution in [0.25, 0.3) is 22.2 Å². The first-order valence-electron chi connectivity index (χ1n) is 16.6. The Morgan fingerprint density at radius 1 is 0.857 bits per heavy atom. The maximum absolute atomic E-state index is 12.0. The van der Waals surface area contributed by atoms with Crippen LogP contribution in [0.2, 0.25) is 0 Å². The Morgan fingerprint density at radius 2 is 1.62 bits per heavy atom. The van der Waals surface area contributed by atoms with Crippen molar-refractivity contribution in [3.63, 3.8) is 0 Å². The lowest BCUT2D eigenvalue weighted by Gasteiger charge is -2.63. The number of hydrogen-bond donors (Lipinski definition) is 3. The monoisotopic (exact) mass is 568 g/mol. The van der Waals surface area contributed by atoms with Crippen molar-refractivity contribution in [2.45, 2.75) is 96.9 Å². The van der Waals surface area contributed by atoms with Crippen LogP contribution in [0.15, 0.2) is 54.6 Å². The van der Waals surface area contributed by atoms with Crippen molar-refractivity contribution in [1.29, 1.82) is 0 Å². The first-order chi connectivity index (χ1) is 20.2. The average Bonchev–Trinajstić information content (AvgIpc) is 3.35. The summed E-state index contributed by atoms with van der Waals surface area (Å²) in [6.07, 6.45) is 7.35. The van der Waals surface area contributed by atoms with Crippen LogP contribution in [-0.2, 0) is 6.42 Å². The molecule has 1 heterocycles. The number of aromatic nitrogens is 2. The minimum absolute atomic E-state index is 0.110. The summed E-state index contributed by atoms with van der Waals surface area (Å²) in [5.74, 6) is 3.03. The van der Waals surface area contributed by atoms with Gasteiger partial charge in [0.1, 0.15) is 5.82 Å².